The zero-order valence-corrected chi connectivity index (χ0v) is 9.33. The number of carboxylic acid groups (broad SMARTS) is 1. The summed E-state index contributed by atoms with van der Waals surface area (Å²) >= 11 is 0. The van der Waals surface area contributed by atoms with E-state index >= 15 is 0 Å². The molecule has 5 heteroatoms. The summed E-state index contributed by atoms with van der Waals surface area (Å²) < 4.78 is 6.72. The molecule has 0 aliphatic rings. The summed E-state index contributed by atoms with van der Waals surface area (Å²) in [4.78, 5) is 11.0. The average Bonchev–Trinajstić information content (AvgIpc) is 2.81. The van der Waals surface area contributed by atoms with E-state index in [0.717, 1.165) is 5.56 Å². The van der Waals surface area contributed by atoms with Gasteiger partial charge in [-0.2, -0.15) is 5.10 Å². The summed E-state index contributed by atoms with van der Waals surface area (Å²) in [6, 6.07) is 6.90. The highest BCUT2D eigenvalue weighted by Gasteiger charge is 2.11. The Hall–Kier alpha value is -2.30. The summed E-state index contributed by atoms with van der Waals surface area (Å²) in [6.45, 7) is 0.539. The van der Waals surface area contributed by atoms with Crippen LogP contribution in [-0.2, 0) is 6.54 Å². The van der Waals surface area contributed by atoms with Gasteiger partial charge in [-0.1, -0.05) is 6.07 Å². The number of carbonyl (C=O) groups is 1. The van der Waals surface area contributed by atoms with Crippen molar-refractivity contribution in [2.45, 2.75) is 6.54 Å². The van der Waals surface area contributed by atoms with Crippen molar-refractivity contribution in [3.63, 3.8) is 0 Å². The Morgan fingerprint density at radius 3 is 2.94 bits per heavy atom. The number of rotatable bonds is 4. The minimum Gasteiger partial charge on any atom is -0.496 e. The fourth-order valence-corrected chi connectivity index (χ4v) is 1.60. The summed E-state index contributed by atoms with van der Waals surface area (Å²) in [7, 11) is 1.45. The van der Waals surface area contributed by atoms with Crippen LogP contribution in [0.3, 0.4) is 0 Å². The Balaban J connectivity index is 2.30. The maximum atomic E-state index is 11.0. The Labute approximate surface area is 98.3 Å². The van der Waals surface area contributed by atoms with Crippen LogP contribution < -0.4 is 4.74 Å². The van der Waals surface area contributed by atoms with Gasteiger partial charge in [-0.3, -0.25) is 4.68 Å². The van der Waals surface area contributed by atoms with Crippen molar-refractivity contribution in [3.05, 3.63) is 47.8 Å². The van der Waals surface area contributed by atoms with Crippen LogP contribution in [0, 0.1) is 0 Å². The topological polar surface area (TPSA) is 64.4 Å². The van der Waals surface area contributed by atoms with Gasteiger partial charge in [0.05, 0.1) is 13.7 Å². The lowest BCUT2D eigenvalue weighted by Crippen LogP contribution is -2.04. The van der Waals surface area contributed by atoms with Crippen molar-refractivity contribution in [1.82, 2.24) is 9.78 Å². The van der Waals surface area contributed by atoms with Crippen LogP contribution in [0.1, 0.15) is 15.9 Å². The predicted octanol–water partition coefficient (Wildman–Crippen LogP) is 1.64. The molecule has 0 atom stereocenters. The molecule has 1 N–H and O–H groups in total. The molecule has 0 amide bonds. The number of benzene rings is 1. The van der Waals surface area contributed by atoms with Crippen molar-refractivity contribution < 1.29 is 14.6 Å². The molecule has 2 rings (SSSR count). The van der Waals surface area contributed by atoms with Gasteiger partial charge in [-0.05, 0) is 23.8 Å². The van der Waals surface area contributed by atoms with Crippen LogP contribution >= 0.6 is 0 Å². The van der Waals surface area contributed by atoms with E-state index in [0.29, 0.717) is 12.3 Å². The molecular weight excluding hydrogens is 220 g/mol. The molecule has 17 heavy (non-hydrogen) atoms. The largest absolute Gasteiger partial charge is 0.496 e. The average molecular weight is 232 g/mol. The molecule has 0 radical (unpaired) electrons. The van der Waals surface area contributed by atoms with E-state index in [1.165, 1.54) is 7.11 Å². The lowest BCUT2D eigenvalue weighted by atomic mass is 10.1. The molecule has 0 spiro atoms. The van der Waals surface area contributed by atoms with Crippen molar-refractivity contribution in [1.29, 1.82) is 0 Å². The highest BCUT2D eigenvalue weighted by atomic mass is 16.5. The standard InChI is InChI=1S/C12H12N2O3/c1-17-11-4-3-9(7-10(11)12(15)16)8-14-6-2-5-13-14/h2-7H,8H2,1H3,(H,15,16). The second-order valence-electron chi connectivity index (χ2n) is 3.54. The van der Waals surface area contributed by atoms with Crippen LogP contribution in [0.5, 0.6) is 5.75 Å². The molecule has 0 bridgehead atoms. The first-order valence-corrected chi connectivity index (χ1v) is 5.08. The molecule has 0 aliphatic heterocycles. The lowest BCUT2D eigenvalue weighted by Gasteiger charge is -2.07. The van der Waals surface area contributed by atoms with Crippen molar-refractivity contribution in [2.24, 2.45) is 0 Å². The van der Waals surface area contributed by atoms with Crippen molar-refractivity contribution >= 4 is 5.97 Å². The van der Waals surface area contributed by atoms with Gasteiger partial charge in [-0.25, -0.2) is 4.79 Å². The Kier molecular flexibility index (Phi) is 3.09. The molecule has 5 nitrogen and oxygen atoms in total. The van der Waals surface area contributed by atoms with Gasteiger partial charge in [0.2, 0.25) is 0 Å². The highest BCUT2D eigenvalue weighted by Crippen LogP contribution is 2.20. The third-order valence-corrected chi connectivity index (χ3v) is 2.40. The van der Waals surface area contributed by atoms with E-state index in [4.69, 9.17) is 9.84 Å². The smallest absolute Gasteiger partial charge is 0.339 e. The number of ether oxygens (including phenoxy) is 1. The van der Waals surface area contributed by atoms with E-state index in [1.54, 1.807) is 23.0 Å². The molecule has 88 valence electrons. The Morgan fingerprint density at radius 2 is 2.35 bits per heavy atom. The molecule has 0 saturated heterocycles. The quantitative estimate of drug-likeness (QED) is 0.870. The lowest BCUT2D eigenvalue weighted by molar-refractivity contribution is 0.0693. The van der Waals surface area contributed by atoms with E-state index in [-0.39, 0.29) is 5.56 Å². The molecular formula is C12H12N2O3. The van der Waals surface area contributed by atoms with Crippen LogP contribution in [0.15, 0.2) is 36.7 Å². The van der Waals surface area contributed by atoms with Crippen LogP contribution in [0.25, 0.3) is 0 Å². The molecule has 0 fully saturated rings. The number of hydrogen-bond donors (Lipinski definition) is 1. The molecule has 1 heterocycles. The van der Waals surface area contributed by atoms with E-state index < -0.39 is 5.97 Å². The van der Waals surface area contributed by atoms with Crippen LogP contribution in [0.2, 0.25) is 0 Å². The maximum Gasteiger partial charge on any atom is 0.339 e. The minimum atomic E-state index is -0.996. The monoisotopic (exact) mass is 232 g/mol. The van der Waals surface area contributed by atoms with Gasteiger partial charge in [0.15, 0.2) is 0 Å². The molecule has 2 aromatic rings. The first kappa shape index (κ1) is 11.2. The van der Waals surface area contributed by atoms with Gasteiger partial charge < -0.3 is 9.84 Å². The van der Waals surface area contributed by atoms with Crippen LogP contribution in [-0.4, -0.2) is 28.0 Å². The fourth-order valence-electron chi connectivity index (χ4n) is 1.60. The van der Waals surface area contributed by atoms with Gasteiger partial charge in [-0.15, -0.1) is 0 Å². The molecule has 1 aromatic carbocycles. The maximum absolute atomic E-state index is 11.0. The van der Waals surface area contributed by atoms with Crippen LogP contribution in [0.4, 0.5) is 0 Å². The van der Waals surface area contributed by atoms with Gasteiger partial charge in [0, 0.05) is 12.4 Å². The number of nitrogens with zero attached hydrogens (tertiary/aromatic N) is 2. The zero-order chi connectivity index (χ0) is 12.3. The molecule has 0 aliphatic carbocycles. The van der Waals surface area contributed by atoms with E-state index in [9.17, 15) is 4.79 Å². The second kappa shape index (κ2) is 4.69. The normalized spacial score (nSPS) is 10.2. The van der Waals surface area contributed by atoms with Crippen molar-refractivity contribution in [2.75, 3.05) is 7.11 Å². The number of methoxy groups -OCH3 is 1. The zero-order valence-electron chi connectivity index (χ0n) is 9.33. The SMILES string of the molecule is COc1ccc(Cn2cccn2)cc1C(=O)O. The highest BCUT2D eigenvalue weighted by molar-refractivity contribution is 5.91. The first-order chi connectivity index (χ1) is 8.20. The number of carboxylic acids is 1. The third kappa shape index (κ3) is 2.44. The predicted molar refractivity (Wildman–Crippen MR) is 61.3 cm³/mol. The number of aromatic nitrogens is 2. The molecule has 1 aromatic heterocycles. The third-order valence-electron chi connectivity index (χ3n) is 2.40. The summed E-state index contributed by atoms with van der Waals surface area (Å²) in [5, 5.41) is 13.1. The number of aromatic carboxylic acids is 1. The second-order valence-corrected chi connectivity index (χ2v) is 3.54. The Morgan fingerprint density at radius 1 is 1.53 bits per heavy atom. The first-order valence-electron chi connectivity index (χ1n) is 5.08. The summed E-state index contributed by atoms with van der Waals surface area (Å²) in [5.41, 5.74) is 1.03. The summed E-state index contributed by atoms with van der Waals surface area (Å²) in [6.07, 6.45) is 3.51. The molecule has 0 unspecified atom stereocenters. The molecule has 0 saturated carbocycles. The van der Waals surface area contributed by atoms with Gasteiger partial charge in [0.1, 0.15) is 11.3 Å². The van der Waals surface area contributed by atoms with Crippen molar-refractivity contribution in [3.8, 4) is 5.75 Å². The summed E-state index contributed by atoms with van der Waals surface area (Å²) in [5.74, 6) is -0.633. The van der Waals surface area contributed by atoms with Gasteiger partial charge >= 0.3 is 5.97 Å². The van der Waals surface area contributed by atoms with Gasteiger partial charge in [0.25, 0.3) is 0 Å². The minimum absolute atomic E-state index is 0.164. The fraction of sp³-hybridized carbons (Fsp3) is 0.167. The Bertz CT molecular complexity index is 521. The number of hydrogen-bond acceptors (Lipinski definition) is 3. The van der Waals surface area contributed by atoms with E-state index in [1.807, 2.05) is 18.3 Å². The van der Waals surface area contributed by atoms with E-state index in [2.05, 4.69) is 5.10 Å².